The van der Waals surface area contributed by atoms with E-state index in [1.165, 1.54) is 4.90 Å². The highest BCUT2D eigenvalue weighted by atomic mass is 32.2. The molecule has 2 atom stereocenters. The van der Waals surface area contributed by atoms with E-state index in [1.54, 1.807) is 17.8 Å². The lowest BCUT2D eigenvalue weighted by Crippen LogP contribution is -2.24. The van der Waals surface area contributed by atoms with Crippen LogP contribution in [0, 0.1) is 0 Å². The number of rotatable bonds is 1. The van der Waals surface area contributed by atoms with Gasteiger partial charge in [0.25, 0.3) is 0 Å². The van der Waals surface area contributed by atoms with Crippen LogP contribution in [0.15, 0.2) is 58.0 Å². The Morgan fingerprint density at radius 1 is 1.33 bits per heavy atom. The molecular weight excluding hydrogens is 244 g/mol. The summed E-state index contributed by atoms with van der Waals surface area (Å²) in [6.45, 7) is 0. The topological polar surface area (TPSA) is 55.5 Å². The molecule has 2 unspecified atom stereocenters. The van der Waals surface area contributed by atoms with Crippen molar-refractivity contribution >= 4 is 23.9 Å². The fourth-order valence-corrected chi connectivity index (χ4v) is 3.21. The molecule has 3 rings (SSSR count). The zero-order valence-electron chi connectivity index (χ0n) is 9.61. The molecule has 1 heterocycles. The second kappa shape index (κ2) is 4.46. The minimum absolute atomic E-state index is 0.0186. The van der Waals surface area contributed by atoms with Gasteiger partial charge in [-0.25, -0.2) is 0 Å². The van der Waals surface area contributed by atoms with Crippen molar-refractivity contribution in [3.8, 4) is 0 Å². The molecule has 2 aliphatic rings. The molecule has 0 radical (unpaired) electrons. The largest absolute Gasteiger partial charge is 0.366 e. The molecule has 0 saturated heterocycles. The number of carbonyl (C=O) groups excluding carboxylic acids is 1. The number of nitrogens with zero attached hydrogens (tertiary/aromatic N) is 1. The molecule has 0 aromatic heterocycles. The Balaban J connectivity index is 1.97. The van der Waals surface area contributed by atoms with Crippen LogP contribution in [0.4, 0.5) is 0 Å². The van der Waals surface area contributed by atoms with Crippen LogP contribution < -0.4 is 5.73 Å². The first kappa shape index (κ1) is 11.3. The quantitative estimate of drug-likeness (QED) is 0.834. The Morgan fingerprint density at radius 2 is 2.17 bits per heavy atom. The van der Waals surface area contributed by atoms with Crippen molar-refractivity contribution in [2.24, 2.45) is 10.7 Å². The molecule has 1 aromatic rings. The minimum atomic E-state index is -0.397. The van der Waals surface area contributed by atoms with E-state index in [9.17, 15) is 4.79 Å². The normalized spacial score (nSPS) is 24.8. The molecule has 1 aromatic carbocycles. The monoisotopic (exact) mass is 256 g/mol. The molecule has 1 aliphatic heterocycles. The van der Waals surface area contributed by atoms with Crippen molar-refractivity contribution < 1.29 is 4.79 Å². The Kier molecular flexibility index (Phi) is 2.80. The lowest BCUT2D eigenvalue weighted by atomic mass is 10.0. The standard InChI is InChI=1S/C14H12N2OS/c15-14(17)9-5-6-13-11(7-9)16-8-10-3-1-2-4-12(10)18-13/h1-8,11,13H,(H2,15,17). The van der Waals surface area contributed by atoms with Crippen LogP contribution in [0.2, 0.25) is 0 Å². The number of fused-ring (bicyclic) bond motifs is 2. The predicted octanol–water partition coefficient (Wildman–Crippen LogP) is 1.93. The van der Waals surface area contributed by atoms with E-state index in [0.717, 1.165) is 5.56 Å². The van der Waals surface area contributed by atoms with Gasteiger partial charge in [0.1, 0.15) is 0 Å². The number of nitrogens with two attached hydrogens (primary N) is 1. The van der Waals surface area contributed by atoms with Crippen molar-refractivity contribution in [2.75, 3.05) is 0 Å². The molecule has 90 valence electrons. The Labute approximate surface area is 109 Å². The maximum Gasteiger partial charge on any atom is 0.248 e. The van der Waals surface area contributed by atoms with E-state index in [0.29, 0.717) is 5.57 Å². The summed E-state index contributed by atoms with van der Waals surface area (Å²) in [5.41, 5.74) is 6.96. The van der Waals surface area contributed by atoms with Crippen LogP contribution in [0.1, 0.15) is 5.56 Å². The van der Waals surface area contributed by atoms with E-state index in [4.69, 9.17) is 5.73 Å². The van der Waals surface area contributed by atoms with E-state index in [2.05, 4.69) is 11.1 Å². The van der Waals surface area contributed by atoms with Gasteiger partial charge >= 0.3 is 0 Å². The van der Waals surface area contributed by atoms with E-state index in [-0.39, 0.29) is 11.3 Å². The number of primary amides is 1. The van der Waals surface area contributed by atoms with Crippen LogP contribution >= 0.6 is 11.8 Å². The van der Waals surface area contributed by atoms with Crippen molar-refractivity contribution in [1.29, 1.82) is 0 Å². The SMILES string of the molecule is NC(=O)C1=CC2N=Cc3ccccc3SC2C=C1. The van der Waals surface area contributed by atoms with E-state index < -0.39 is 5.91 Å². The molecule has 1 amide bonds. The van der Waals surface area contributed by atoms with Crippen molar-refractivity contribution in [2.45, 2.75) is 16.2 Å². The summed E-state index contributed by atoms with van der Waals surface area (Å²) < 4.78 is 0. The first-order chi connectivity index (χ1) is 8.74. The average Bonchev–Trinajstić information content (AvgIpc) is 2.56. The predicted molar refractivity (Wildman–Crippen MR) is 73.9 cm³/mol. The van der Waals surface area contributed by atoms with Gasteiger partial charge in [-0.2, -0.15) is 0 Å². The summed E-state index contributed by atoms with van der Waals surface area (Å²) in [5.74, 6) is -0.397. The highest BCUT2D eigenvalue weighted by molar-refractivity contribution is 8.00. The van der Waals surface area contributed by atoms with Crippen LogP contribution in [-0.4, -0.2) is 23.4 Å². The Morgan fingerprint density at radius 3 is 3.00 bits per heavy atom. The van der Waals surface area contributed by atoms with Crippen molar-refractivity contribution in [1.82, 2.24) is 0 Å². The summed E-state index contributed by atoms with van der Waals surface area (Å²) in [7, 11) is 0. The molecule has 0 spiro atoms. The number of carbonyl (C=O) groups is 1. The molecular formula is C14H12N2OS. The zero-order chi connectivity index (χ0) is 12.5. The Bertz CT molecular complexity index is 589. The molecule has 0 saturated carbocycles. The molecule has 3 nitrogen and oxygen atoms in total. The van der Waals surface area contributed by atoms with Gasteiger partial charge in [-0.15, -0.1) is 11.8 Å². The number of hydrogen-bond acceptors (Lipinski definition) is 3. The number of amides is 1. The highest BCUT2D eigenvalue weighted by Gasteiger charge is 2.25. The maximum atomic E-state index is 11.2. The molecule has 2 N–H and O–H groups in total. The fraction of sp³-hybridized carbons (Fsp3) is 0.143. The summed E-state index contributed by atoms with van der Waals surface area (Å²) in [6.07, 6.45) is 7.53. The average molecular weight is 256 g/mol. The molecule has 18 heavy (non-hydrogen) atoms. The highest BCUT2D eigenvalue weighted by Crippen LogP contribution is 2.34. The third-order valence-electron chi connectivity index (χ3n) is 3.00. The van der Waals surface area contributed by atoms with Crippen LogP contribution in [-0.2, 0) is 4.79 Å². The number of aliphatic imine (C=N–C) groups is 1. The maximum absolute atomic E-state index is 11.2. The van der Waals surface area contributed by atoms with Gasteiger partial charge in [0, 0.05) is 22.2 Å². The number of benzene rings is 1. The van der Waals surface area contributed by atoms with Crippen molar-refractivity contribution in [3.63, 3.8) is 0 Å². The third-order valence-corrected chi connectivity index (χ3v) is 4.34. The van der Waals surface area contributed by atoms with Gasteiger partial charge in [-0.3, -0.25) is 9.79 Å². The van der Waals surface area contributed by atoms with Gasteiger partial charge in [-0.05, 0) is 12.1 Å². The van der Waals surface area contributed by atoms with Crippen LogP contribution in [0.5, 0.6) is 0 Å². The summed E-state index contributed by atoms with van der Waals surface area (Å²) in [5, 5.41) is 0.230. The second-order valence-corrected chi connectivity index (χ2v) is 5.45. The van der Waals surface area contributed by atoms with Crippen molar-refractivity contribution in [3.05, 3.63) is 53.6 Å². The lowest BCUT2D eigenvalue weighted by Gasteiger charge is -2.20. The zero-order valence-corrected chi connectivity index (χ0v) is 10.4. The lowest BCUT2D eigenvalue weighted by molar-refractivity contribution is -0.114. The van der Waals surface area contributed by atoms with E-state index >= 15 is 0 Å². The summed E-state index contributed by atoms with van der Waals surface area (Å²) in [6, 6.07) is 8.15. The number of thioether (sulfide) groups is 1. The van der Waals surface area contributed by atoms with Gasteiger partial charge in [0.2, 0.25) is 5.91 Å². The van der Waals surface area contributed by atoms with Crippen LogP contribution in [0.25, 0.3) is 0 Å². The van der Waals surface area contributed by atoms with Gasteiger partial charge < -0.3 is 5.73 Å². The van der Waals surface area contributed by atoms with Gasteiger partial charge in [-0.1, -0.05) is 30.4 Å². The summed E-state index contributed by atoms with van der Waals surface area (Å²) in [4.78, 5) is 16.9. The molecule has 0 bridgehead atoms. The first-order valence-corrected chi connectivity index (χ1v) is 6.61. The molecule has 1 aliphatic carbocycles. The first-order valence-electron chi connectivity index (χ1n) is 5.73. The fourth-order valence-electron chi connectivity index (χ4n) is 2.06. The second-order valence-electron chi connectivity index (χ2n) is 4.23. The Hall–Kier alpha value is -1.81. The molecule has 4 heteroatoms. The summed E-state index contributed by atoms with van der Waals surface area (Å²) >= 11 is 1.77. The van der Waals surface area contributed by atoms with Gasteiger partial charge in [0.15, 0.2) is 0 Å². The van der Waals surface area contributed by atoms with Gasteiger partial charge in [0.05, 0.1) is 11.3 Å². The third kappa shape index (κ3) is 1.99. The number of hydrogen-bond donors (Lipinski definition) is 1. The minimum Gasteiger partial charge on any atom is -0.366 e. The smallest absolute Gasteiger partial charge is 0.248 e. The molecule has 0 fully saturated rings. The van der Waals surface area contributed by atoms with E-state index in [1.807, 2.05) is 36.6 Å². The van der Waals surface area contributed by atoms with Crippen LogP contribution in [0.3, 0.4) is 0 Å².